The maximum absolute atomic E-state index is 12.9. The average molecular weight is 450 g/mol. The number of hydrogen-bond donors (Lipinski definition) is 0. The van der Waals surface area contributed by atoms with Crippen molar-refractivity contribution in [1.29, 1.82) is 0 Å². The predicted molar refractivity (Wildman–Crippen MR) is 119 cm³/mol. The summed E-state index contributed by atoms with van der Waals surface area (Å²) in [4.78, 5) is 18.8. The second-order valence-electron chi connectivity index (χ2n) is 8.12. The third-order valence-electron chi connectivity index (χ3n) is 5.37. The number of amides is 1. The molecule has 148 valence electrons. The van der Waals surface area contributed by atoms with E-state index in [1.807, 2.05) is 44.2 Å². The van der Waals surface area contributed by atoms with Gasteiger partial charge in [-0.1, -0.05) is 82.7 Å². The van der Waals surface area contributed by atoms with E-state index >= 15 is 0 Å². The Bertz CT molecular complexity index is 982. The monoisotopic (exact) mass is 449 g/mol. The molecule has 0 aliphatic carbocycles. The fraction of sp³-hybridized carbons (Fsp3) is 0.240. The van der Waals surface area contributed by atoms with Gasteiger partial charge in [0.05, 0.1) is 18.1 Å². The van der Waals surface area contributed by atoms with Crippen LogP contribution in [0.25, 0.3) is 11.1 Å². The Kier molecular flexibility index (Phi) is 5.57. The van der Waals surface area contributed by atoms with Gasteiger partial charge in [-0.25, -0.2) is 5.06 Å². The Morgan fingerprint density at radius 1 is 0.931 bits per heavy atom. The highest BCUT2D eigenvalue weighted by Crippen LogP contribution is 2.36. The van der Waals surface area contributed by atoms with Crippen LogP contribution in [-0.4, -0.2) is 17.6 Å². The highest BCUT2D eigenvalue weighted by Gasteiger charge is 2.43. The van der Waals surface area contributed by atoms with Gasteiger partial charge < -0.3 is 0 Å². The second kappa shape index (κ2) is 8.13. The summed E-state index contributed by atoms with van der Waals surface area (Å²) in [7, 11) is 0. The maximum atomic E-state index is 12.9. The number of carbonyl (C=O) groups excluding carboxylic acids is 1. The number of carbonyl (C=O) groups is 1. The van der Waals surface area contributed by atoms with Crippen LogP contribution in [-0.2, 0) is 16.1 Å². The minimum Gasteiger partial charge on any atom is -0.272 e. The summed E-state index contributed by atoms with van der Waals surface area (Å²) in [5, 5.41) is 1.58. The molecule has 0 radical (unpaired) electrons. The third-order valence-corrected chi connectivity index (χ3v) is 5.90. The van der Waals surface area contributed by atoms with Crippen molar-refractivity contribution in [3.8, 4) is 11.1 Å². The standard InChI is InChI=1S/C25H24BrNO2/c1-25(2)17-29-27(24(25)28)23(16-18-6-4-3-5-7-18)21-10-8-19(9-11-21)20-12-14-22(26)15-13-20/h3-15,23H,16-17H2,1-2H3. The minimum absolute atomic E-state index is 0.0374. The highest BCUT2D eigenvalue weighted by atomic mass is 79.9. The van der Waals surface area contributed by atoms with Crippen LogP contribution in [0.2, 0.25) is 0 Å². The van der Waals surface area contributed by atoms with Crippen LogP contribution in [0.15, 0.2) is 83.3 Å². The van der Waals surface area contributed by atoms with Crippen molar-refractivity contribution < 1.29 is 9.63 Å². The molecule has 3 aromatic rings. The van der Waals surface area contributed by atoms with Crippen molar-refractivity contribution >= 4 is 21.8 Å². The predicted octanol–water partition coefficient (Wildman–Crippen LogP) is 6.20. The summed E-state index contributed by atoms with van der Waals surface area (Å²) in [6, 6.07) is 26.8. The number of nitrogens with zero attached hydrogens (tertiary/aromatic N) is 1. The zero-order chi connectivity index (χ0) is 20.4. The molecule has 1 saturated heterocycles. The summed E-state index contributed by atoms with van der Waals surface area (Å²) in [6.07, 6.45) is 0.709. The number of rotatable bonds is 5. The lowest BCUT2D eigenvalue weighted by molar-refractivity contribution is -0.175. The molecule has 0 aromatic heterocycles. The van der Waals surface area contributed by atoms with Gasteiger partial charge in [-0.15, -0.1) is 0 Å². The highest BCUT2D eigenvalue weighted by molar-refractivity contribution is 9.10. The molecule has 1 fully saturated rings. The maximum Gasteiger partial charge on any atom is 0.254 e. The average Bonchev–Trinajstić information content (AvgIpc) is 3.01. The molecule has 1 aliphatic heterocycles. The van der Waals surface area contributed by atoms with E-state index in [1.54, 1.807) is 5.06 Å². The fourth-order valence-electron chi connectivity index (χ4n) is 3.59. The van der Waals surface area contributed by atoms with Crippen LogP contribution >= 0.6 is 15.9 Å². The van der Waals surface area contributed by atoms with Crippen LogP contribution in [0.4, 0.5) is 0 Å². The molecule has 1 heterocycles. The van der Waals surface area contributed by atoms with Crippen LogP contribution in [0.5, 0.6) is 0 Å². The van der Waals surface area contributed by atoms with Gasteiger partial charge in [0.25, 0.3) is 5.91 Å². The van der Waals surface area contributed by atoms with Gasteiger partial charge in [-0.3, -0.25) is 9.63 Å². The van der Waals surface area contributed by atoms with Crippen molar-refractivity contribution in [3.05, 3.63) is 94.5 Å². The molecule has 4 heteroatoms. The third kappa shape index (κ3) is 4.29. The van der Waals surface area contributed by atoms with Gasteiger partial charge >= 0.3 is 0 Å². The first-order valence-corrected chi connectivity index (χ1v) is 10.6. The smallest absolute Gasteiger partial charge is 0.254 e. The van der Waals surface area contributed by atoms with Gasteiger partial charge in [0.15, 0.2) is 0 Å². The van der Waals surface area contributed by atoms with Crippen LogP contribution < -0.4 is 0 Å². The van der Waals surface area contributed by atoms with Crippen molar-refractivity contribution in [1.82, 2.24) is 5.06 Å². The van der Waals surface area contributed by atoms with Crippen molar-refractivity contribution in [2.45, 2.75) is 26.3 Å². The van der Waals surface area contributed by atoms with Gasteiger partial charge in [0.2, 0.25) is 0 Å². The van der Waals surface area contributed by atoms with Crippen LogP contribution in [0.3, 0.4) is 0 Å². The molecule has 3 aromatic carbocycles. The SMILES string of the molecule is CC1(C)CON(C(Cc2ccccc2)c2ccc(-c3ccc(Br)cc3)cc2)C1=O. The normalized spacial score (nSPS) is 16.8. The van der Waals surface area contributed by atoms with E-state index in [0.29, 0.717) is 13.0 Å². The number of benzene rings is 3. The molecule has 3 nitrogen and oxygen atoms in total. The molecule has 0 saturated carbocycles. The van der Waals surface area contributed by atoms with E-state index in [9.17, 15) is 4.79 Å². The lowest BCUT2D eigenvalue weighted by Gasteiger charge is -2.28. The van der Waals surface area contributed by atoms with Gasteiger partial charge in [0.1, 0.15) is 0 Å². The van der Waals surface area contributed by atoms with E-state index in [4.69, 9.17) is 4.84 Å². The summed E-state index contributed by atoms with van der Waals surface area (Å²) < 4.78 is 1.06. The van der Waals surface area contributed by atoms with Crippen molar-refractivity contribution in [2.75, 3.05) is 6.61 Å². The van der Waals surface area contributed by atoms with Gasteiger partial charge in [-0.2, -0.15) is 0 Å². The first-order chi connectivity index (χ1) is 13.9. The van der Waals surface area contributed by atoms with Gasteiger partial charge in [0, 0.05) is 4.47 Å². The zero-order valence-corrected chi connectivity index (χ0v) is 18.2. The zero-order valence-electron chi connectivity index (χ0n) is 16.6. The Hall–Kier alpha value is -2.43. The van der Waals surface area contributed by atoms with E-state index in [-0.39, 0.29) is 11.9 Å². The summed E-state index contributed by atoms with van der Waals surface area (Å²) in [5.41, 5.74) is 4.06. The number of halogens is 1. The Labute approximate surface area is 180 Å². The molecular weight excluding hydrogens is 426 g/mol. The lowest BCUT2D eigenvalue weighted by Crippen LogP contribution is -2.35. The lowest BCUT2D eigenvalue weighted by atomic mass is 9.92. The van der Waals surface area contributed by atoms with E-state index in [0.717, 1.165) is 21.2 Å². The van der Waals surface area contributed by atoms with E-state index in [1.165, 1.54) is 5.56 Å². The molecule has 29 heavy (non-hydrogen) atoms. The van der Waals surface area contributed by atoms with Crippen molar-refractivity contribution in [3.63, 3.8) is 0 Å². The molecule has 1 aliphatic rings. The second-order valence-corrected chi connectivity index (χ2v) is 9.04. The quantitative estimate of drug-likeness (QED) is 0.463. The number of hydrogen-bond acceptors (Lipinski definition) is 2. The van der Waals surface area contributed by atoms with E-state index in [2.05, 4.69) is 64.5 Å². The Morgan fingerprint density at radius 2 is 1.52 bits per heavy atom. The topological polar surface area (TPSA) is 29.5 Å². The molecule has 1 amide bonds. The Balaban J connectivity index is 1.65. The fourth-order valence-corrected chi connectivity index (χ4v) is 3.86. The van der Waals surface area contributed by atoms with Gasteiger partial charge in [-0.05, 0) is 54.7 Å². The largest absolute Gasteiger partial charge is 0.272 e. The first kappa shape index (κ1) is 19.9. The van der Waals surface area contributed by atoms with Crippen LogP contribution in [0, 0.1) is 5.41 Å². The Morgan fingerprint density at radius 3 is 2.07 bits per heavy atom. The summed E-state index contributed by atoms with van der Waals surface area (Å²) in [6.45, 7) is 4.28. The first-order valence-electron chi connectivity index (χ1n) is 9.80. The van der Waals surface area contributed by atoms with E-state index < -0.39 is 5.41 Å². The molecule has 1 unspecified atom stereocenters. The summed E-state index contributed by atoms with van der Waals surface area (Å²) >= 11 is 3.48. The minimum atomic E-state index is -0.494. The molecular formula is C25H24BrNO2. The molecule has 0 bridgehead atoms. The van der Waals surface area contributed by atoms with Crippen LogP contribution in [0.1, 0.15) is 31.0 Å². The molecule has 1 atom stereocenters. The molecule has 4 rings (SSSR count). The molecule has 0 N–H and O–H groups in total. The number of hydroxylamine groups is 2. The summed E-state index contributed by atoms with van der Waals surface area (Å²) in [5.74, 6) is 0.0374. The molecule has 0 spiro atoms. The van der Waals surface area contributed by atoms with Crippen molar-refractivity contribution in [2.24, 2.45) is 5.41 Å².